The molecule has 2 saturated carbocycles. The van der Waals surface area contributed by atoms with Gasteiger partial charge >= 0.3 is 0 Å². The molecule has 0 aliphatic heterocycles. The Morgan fingerprint density at radius 1 is 1.35 bits per heavy atom. The second-order valence-corrected chi connectivity index (χ2v) is 8.67. The van der Waals surface area contributed by atoms with Crippen molar-refractivity contribution < 1.29 is 9.15 Å². The average Bonchev–Trinajstić information content (AvgIpc) is 3.00. The number of hydrogen-bond acceptors (Lipinski definition) is 2. The smallest absolute Gasteiger partial charge is 0.0960 e. The fourth-order valence-electron chi connectivity index (χ4n) is 5.75. The third kappa shape index (κ3) is 2.91. The van der Waals surface area contributed by atoms with E-state index in [1.807, 2.05) is 19.4 Å². The molecule has 2 heteroatoms. The van der Waals surface area contributed by atoms with Gasteiger partial charge in [-0.05, 0) is 60.8 Å². The first-order chi connectivity index (χ1) is 10.9. The number of methoxy groups -OCH3 is 1. The van der Waals surface area contributed by atoms with Crippen molar-refractivity contribution in [2.24, 2.45) is 22.7 Å². The van der Waals surface area contributed by atoms with Crippen LogP contribution in [0.5, 0.6) is 0 Å². The van der Waals surface area contributed by atoms with Gasteiger partial charge in [0.15, 0.2) is 0 Å². The van der Waals surface area contributed by atoms with Crippen molar-refractivity contribution in [3.05, 3.63) is 36.3 Å². The van der Waals surface area contributed by atoms with E-state index in [4.69, 9.17) is 9.15 Å². The highest BCUT2D eigenvalue weighted by atomic mass is 16.5. The Balaban J connectivity index is 1.88. The minimum absolute atomic E-state index is 0.108. The molecule has 128 valence electrons. The molecule has 0 radical (unpaired) electrons. The summed E-state index contributed by atoms with van der Waals surface area (Å²) < 4.78 is 11.1. The molecule has 4 unspecified atom stereocenters. The molecule has 1 heterocycles. The molecule has 1 aromatic heterocycles. The number of furan rings is 1. The number of fused-ring (bicyclic) bond motifs is 1. The third-order valence-electron chi connectivity index (χ3n) is 6.97. The summed E-state index contributed by atoms with van der Waals surface area (Å²) in [5, 5.41) is 0. The molecule has 2 aliphatic rings. The second-order valence-electron chi connectivity index (χ2n) is 8.67. The molecule has 0 N–H and O–H groups in total. The first-order valence-electron chi connectivity index (χ1n) is 9.11. The predicted octanol–water partition coefficient (Wildman–Crippen LogP) is 6.16. The zero-order valence-electron chi connectivity index (χ0n) is 15.2. The lowest BCUT2D eigenvalue weighted by Gasteiger charge is -2.58. The Kier molecular flexibility index (Phi) is 4.48. The maximum atomic E-state index is 5.82. The minimum atomic E-state index is 0.108. The van der Waals surface area contributed by atoms with Crippen LogP contribution in [0.1, 0.15) is 71.0 Å². The predicted molar refractivity (Wildman–Crippen MR) is 94.2 cm³/mol. The van der Waals surface area contributed by atoms with Crippen LogP contribution in [-0.4, -0.2) is 7.11 Å². The van der Waals surface area contributed by atoms with Crippen LogP contribution in [0, 0.1) is 22.7 Å². The molecule has 0 aromatic carbocycles. The summed E-state index contributed by atoms with van der Waals surface area (Å²) in [7, 11) is 1.81. The SMILES string of the molecule is C=C1CCC2C(C)(C)CCCC2(C)C1CC(OC)c1ccoc1. The van der Waals surface area contributed by atoms with Crippen LogP contribution in [-0.2, 0) is 4.74 Å². The summed E-state index contributed by atoms with van der Waals surface area (Å²) in [6.45, 7) is 11.9. The Bertz CT molecular complexity index is 542. The Hall–Kier alpha value is -1.02. The van der Waals surface area contributed by atoms with Gasteiger partial charge < -0.3 is 9.15 Å². The number of ether oxygens (including phenoxy) is 1. The molecule has 3 rings (SSSR count). The van der Waals surface area contributed by atoms with Crippen molar-refractivity contribution in [1.82, 2.24) is 0 Å². The topological polar surface area (TPSA) is 22.4 Å². The second kappa shape index (κ2) is 6.12. The molecule has 0 bridgehead atoms. The molecular weight excluding hydrogens is 284 g/mol. The van der Waals surface area contributed by atoms with Crippen molar-refractivity contribution >= 4 is 0 Å². The van der Waals surface area contributed by atoms with E-state index in [2.05, 4.69) is 27.4 Å². The Labute approximate surface area is 141 Å². The minimum Gasteiger partial charge on any atom is -0.472 e. The highest BCUT2D eigenvalue weighted by Crippen LogP contribution is 2.62. The average molecular weight is 316 g/mol. The maximum absolute atomic E-state index is 5.82. The van der Waals surface area contributed by atoms with E-state index >= 15 is 0 Å². The lowest BCUT2D eigenvalue weighted by molar-refractivity contribution is -0.0672. The molecule has 2 aliphatic carbocycles. The summed E-state index contributed by atoms with van der Waals surface area (Å²) in [4.78, 5) is 0. The van der Waals surface area contributed by atoms with E-state index in [1.54, 1.807) is 6.26 Å². The van der Waals surface area contributed by atoms with Crippen molar-refractivity contribution in [2.45, 2.75) is 65.4 Å². The quantitative estimate of drug-likeness (QED) is 0.621. The lowest BCUT2D eigenvalue weighted by Crippen LogP contribution is -2.49. The largest absolute Gasteiger partial charge is 0.472 e. The summed E-state index contributed by atoms with van der Waals surface area (Å²) in [6, 6.07) is 2.03. The van der Waals surface area contributed by atoms with E-state index < -0.39 is 0 Å². The zero-order valence-corrected chi connectivity index (χ0v) is 15.2. The molecule has 0 amide bonds. The normalized spacial score (nSPS) is 34.9. The van der Waals surface area contributed by atoms with E-state index in [0.717, 1.165) is 17.9 Å². The van der Waals surface area contributed by atoms with Gasteiger partial charge in [-0.2, -0.15) is 0 Å². The van der Waals surface area contributed by atoms with Gasteiger partial charge in [-0.15, -0.1) is 0 Å². The van der Waals surface area contributed by atoms with Gasteiger partial charge in [0.2, 0.25) is 0 Å². The molecule has 2 fully saturated rings. The van der Waals surface area contributed by atoms with Crippen molar-refractivity contribution in [1.29, 1.82) is 0 Å². The van der Waals surface area contributed by atoms with Crippen LogP contribution in [0.15, 0.2) is 35.2 Å². The van der Waals surface area contributed by atoms with Crippen LogP contribution in [0.2, 0.25) is 0 Å². The monoisotopic (exact) mass is 316 g/mol. The highest BCUT2D eigenvalue weighted by molar-refractivity contribution is 5.18. The van der Waals surface area contributed by atoms with Crippen LogP contribution in [0.25, 0.3) is 0 Å². The molecule has 2 nitrogen and oxygen atoms in total. The van der Waals surface area contributed by atoms with Crippen LogP contribution >= 0.6 is 0 Å². The lowest BCUT2D eigenvalue weighted by atomic mass is 9.47. The van der Waals surface area contributed by atoms with Gasteiger partial charge in [-0.3, -0.25) is 0 Å². The van der Waals surface area contributed by atoms with Crippen molar-refractivity contribution in [3.8, 4) is 0 Å². The van der Waals surface area contributed by atoms with Gasteiger partial charge in [-0.1, -0.05) is 39.3 Å². The standard InChI is InChI=1S/C21H32O2/c1-15-7-8-19-20(2,3)10-6-11-21(19,4)17(15)13-18(22-5)16-9-12-23-14-16/h9,12,14,17-19H,1,6-8,10-11,13H2,2-5H3. The van der Waals surface area contributed by atoms with Gasteiger partial charge in [0.05, 0.1) is 18.6 Å². The first-order valence-corrected chi connectivity index (χ1v) is 9.11. The summed E-state index contributed by atoms with van der Waals surface area (Å²) in [5.41, 5.74) is 3.40. The molecule has 0 saturated heterocycles. The summed E-state index contributed by atoms with van der Waals surface area (Å²) in [5.74, 6) is 1.33. The van der Waals surface area contributed by atoms with Gasteiger partial charge in [0.25, 0.3) is 0 Å². The Morgan fingerprint density at radius 3 is 2.78 bits per heavy atom. The van der Waals surface area contributed by atoms with Crippen LogP contribution in [0.3, 0.4) is 0 Å². The van der Waals surface area contributed by atoms with E-state index in [-0.39, 0.29) is 6.10 Å². The molecule has 0 spiro atoms. The van der Waals surface area contributed by atoms with E-state index in [0.29, 0.717) is 16.7 Å². The maximum Gasteiger partial charge on any atom is 0.0960 e. The van der Waals surface area contributed by atoms with Crippen LogP contribution < -0.4 is 0 Å². The van der Waals surface area contributed by atoms with Gasteiger partial charge in [-0.25, -0.2) is 0 Å². The number of hydrogen-bond donors (Lipinski definition) is 0. The molecular formula is C21H32O2. The highest BCUT2D eigenvalue weighted by Gasteiger charge is 2.53. The molecule has 4 atom stereocenters. The van der Waals surface area contributed by atoms with Crippen molar-refractivity contribution in [3.63, 3.8) is 0 Å². The van der Waals surface area contributed by atoms with Gasteiger partial charge in [0, 0.05) is 12.7 Å². The number of allylic oxidation sites excluding steroid dienone is 1. The van der Waals surface area contributed by atoms with Gasteiger partial charge in [0.1, 0.15) is 0 Å². The van der Waals surface area contributed by atoms with Crippen molar-refractivity contribution in [2.75, 3.05) is 7.11 Å². The zero-order chi connectivity index (χ0) is 16.7. The summed E-state index contributed by atoms with van der Waals surface area (Å²) in [6.07, 6.45) is 11.2. The molecule has 23 heavy (non-hydrogen) atoms. The third-order valence-corrected chi connectivity index (χ3v) is 6.97. The van der Waals surface area contributed by atoms with Crippen LogP contribution in [0.4, 0.5) is 0 Å². The summed E-state index contributed by atoms with van der Waals surface area (Å²) >= 11 is 0. The van der Waals surface area contributed by atoms with E-state index in [9.17, 15) is 0 Å². The fourth-order valence-corrected chi connectivity index (χ4v) is 5.75. The molecule has 1 aromatic rings. The Morgan fingerprint density at radius 2 is 2.13 bits per heavy atom. The first kappa shape index (κ1) is 16.8. The fraction of sp³-hybridized carbons (Fsp3) is 0.714. The number of rotatable bonds is 4. The van der Waals surface area contributed by atoms with E-state index in [1.165, 1.54) is 37.7 Å².